The number of carbonyl (C=O) groups excluding carboxylic acids is 1. The van der Waals surface area contributed by atoms with Gasteiger partial charge < -0.3 is 25.8 Å². The Kier molecular flexibility index (Phi) is 6.26. The topological polar surface area (TPSA) is 131 Å². The van der Waals surface area contributed by atoms with Gasteiger partial charge in [0, 0.05) is 42.7 Å². The zero-order valence-corrected chi connectivity index (χ0v) is 18.0. The van der Waals surface area contributed by atoms with E-state index in [1.807, 2.05) is 30.1 Å². The van der Waals surface area contributed by atoms with E-state index in [-0.39, 0.29) is 18.5 Å². The third kappa shape index (κ3) is 5.58. The first-order chi connectivity index (χ1) is 14.5. The van der Waals surface area contributed by atoms with E-state index in [0.717, 1.165) is 22.4 Å². The second kappa shape index (κ2) is 8.73. The highest BCUT2D eigenvalue weighted by Crippen LogP contribution is 2.32. The number of rotatable bonds is 4. The standard InChI is InChI=1S/C22H27N5O4/c1-22(2,3)31-21(30)26-12-19-24-10-16(11-25-19)13-5-6-14-7-15(20(28)29)9-18(23)27(4)17(14)8-13/h5-8,10-11,18H,9,12,23H2,1-4H3,(H,26,30)(H,28,29). The van der Waals surface area contributed by atoms with Crippen molar-refractivity contribution >= 4 is 23.8 Å². The van der Waals surface area contributed by atoms with Crippen molar-refractivity contribution in [2.45, 2.75) is 45.5 Å². The number of nitrogens with one attached hydrogen (secondary N) is 1. The number of carbonyl (C=O) groups is 2. The molecule has 0 radical (unpaired) electrons. The molecule has 4 N–H and O–H groups in total. The molecule has 0 saturated heterocycles. The third-order valence-corrected chi connectivity index (χ3v) is 4.77. The van der Waals surface area contributed by atoms with Gasteiger partial charge in [0.05, 0.1) is 12.7 Å². The van der Waals surface area contributed by atoms with Crippen molar-refractivity contribution in [3.8, 4) is 11.1 Å². The molecule has 31 heavy (non-hydrogen) atoms. The number of amides is 1. The fraction of sp³-hybridized carbons (Fsp3) is 0.364. The Morgan fingerprint density at radius 3 is 2.55 bits per heavy atom. The third-order valence-electron chi connectivity index (χ3n) is 4.77. The second-order valence-corrected chi connectivity index (χ2v) is 8.37. The molecule has 1 aromatic heterocycles. The molecule has 0 spiro atoms. The van der Waals surface area contributed by atoms with E-state index in [0.29, 0.717) is 5.82 Å². The van der Waals surface area contributed by atoms with E-state index in [9.17, 15) is 14.7 Å². The van der Waals surface area contributed by atoms with Crippen LogP contribution in [0.25, 0.3) is 17.2 Å². The van der Waals surface area contributed by atoms with Crippen molar-refractivity contribution in [2.24, 2.45) is 5.73 Å². The van der Waals surface area contributed by atoms with Gasteiger partial charge in [-0.2, -0.15) is 0 Å². The van der Waals surface area contributed by atoms with Gasteiger partial charge in [0.25, 0.3) is 0 Å². The van der Waals surface area contributed by atoms with Gasteiger partial charge in [-0.25, -0.2) is 19.6 Å². The molecule has 1 atom stereocenters. The number of carboxylic acid groups (broad SMARTS) is 1. The minimum Gasteiger partial charge on any atom is -0.478 e. The average Bonchev–Trinajstić information content (AvgIpc) is 2.82. The summed E-state index contributed by atoms with van der Waals surface area (Å²) >= 11 is 0. The Bertz CT molecular complexity index is 1010. The Balaban J connectivity index is 1.78. The number of anilines is 1. The summed E-state index contributed by atoms with van der Waals surface area (Å²) in [7, 11) is 1.84. The van der Waals surface area contributed by atoms with Gasteiger partial charge in [-0.15, -0.1) is 0 Å². The summed E-state index contributed by atoms with van der Waals surface area (Å²) in [5.74, 6) is -0.512. The first-order valence-electron chi connectivity index (χ1n) is 9.88. The molecule has 1 amide bonds. The Hall–Kier alpha value is -3.46. The molecule has 2 aromatic rings. The summed E-state index contributed by atoms with van der Waals surface area (Å²) < 4.78 is 5.19. The molecule has 0 bridgehead atoms. The molecule has 1 aromatic carbocycles. The van der Waals surface area contributed by atoms with E-state index < -0.39 is 23.8 Å². The number of nitrogens with zero attached hydrogens (tertiary/aromatic N) is 3. The van der Waals surface area contributed by atoms with Crippen molar-refractivity contribution in [2.75, 3.05) is 11.9 Å². The number of nitrogens with two attached hydrogens (primary N) is 1. The summed E-state index contributed by atoms with van der Waals surface area (Å²) in [4.78, 5) is 33.7. The maximum Gasteiger partial charge on any atom is 0.408 e. The van der Waals surface area contributed by atoms with Crippen molar-refractivity contribution in [1.29, 1.82) is 0 Å². The quantitative estimate of drug-likeness (QED) is 0.682. The molecule has 0 fully saturated rings. The molecule has 0 saturated carbocycles. The number of hydrogen-bond acceptors (Lipinski definition) is 7. The highest BCUT2D eigenvalue weighted by molar-refractivity contribution is 5.94. The number of hydrogen-bond donors (Lipinski definition) is 3. The molecular weight excluding hydrogens is 398 g/mol. The van der Waals surface area contributed by atoms with Crippen LogP contribution in [0.1, 0.15) is 38.6 Å². The van der Waals surface area contributed by atoms with Crippen molar-refractivity contribution in [1.82, 2.24) is 15.3 Å². The van der Waals surface area contributed by atoms with Gasteiger partial charge in [-0.1, -0.05) is 12.1 Å². The Labute approximate surface area is 180 Å². The van der Waals surface area contributed by atoms with Crippen LogP contribution in [0, 0.1) is 0 Å². The first kappa shape index (κ1) is 22.2. The molecule has 1 aliphatic rings. The highest BCUT2D eigenvalue weighted by Gasteiger charge is 2.23. The van der Waals surface area contributed by atoms with Crippen LogP contribution in [-0.2, 0) is 16.1 Å². The number of ether oxygens (including phenoxy) is 1. The lowest BCUT2D eigenvalue weighted by Gasteiger charge is -2.26. The maximum atomic E-state index is 11.8. The number of aliphatic carboxylic acids is 1. The lowest BCUT2D eigenvalue weighted by Crippen LogP contribution is -2.39. The summed E-state index contributed by atoms with van der Waals surface area (Å²) in [6.07, 6.45) is 4.28. The van der Waals surface area contributed by atoms with Crippen LogP contribution in [0.2, 0.25) is 0 Å². The molecule has 1 aliphatic heterocycles. The van der Waals surface area contributed by atoms with Crippen LogP contribution in [0.5, 0.6) is 0 Å². The summed E-state index contributed by atoms with van der Waals surface area (Å²) in [6, 6.07) is 5.69. The van der Waals surface area contributed by atoms with Gasteiger partial charge in [-0.3, -0.25) is 0 Å². The molecular formula is C22H27N5O4. The predicted molar refractivity (Wildman–Crippen MR) is 117 cm³/mol. The van der Waals surface area contributed by atoms with Gasteiger partial charge in [0.1, 0.15) is 11.4 Å². The van der Waals surface area contributed by atoms with Crippen LogP contribution in [0.4, 0.5) is 10.5 Å². The van der Waals surface area contributed by atoms with E-state index in [4.69, 9.17) is 10.5 Å². The highest BCUT2D eigenvalue weighted by atomic mass is 16.6. The van der Waals surface area contributed by atoms with Crippen molar-refractivity contribution in [3.63, 3.8) is 0 Å². The minimum atomic E-state index is -0.968. The average molecular weight is 425 g/mol. The number of benzene rings is 1. The molecule has 9 heteroatoms. The fourth-order valence-corrected chi connectivity index (χ4v) is 3.15. The smallest absolute Gasteiger partial charge is 0.408 e. The van der Waals surface area contributed by atoms with E-state index >= 15 is 0 Å². The van der Waals surface area contributed by atoms with Gasteiger partial charge in [0.2, 0.25) is 0 Å². The maximum absolute atomic E-state index is 11.8. The molecule has 3 rings (SSSR count). The molecule has 1 unspecified atom stereocenters. The van der Waals surface area contributed by atoms with Crippen LogP contribution >= 0.6 is 0 Å². The lowest BCUT2D eigenvalue weighted by molar-refractivity contribution is -0.132. The monoisotopic (exact) mass is 425 g/mol. The minimum absolute atomic E-state index is 0.153. The Morgan fingerprint density at radius 1 is 1.26 bits per heavy atom. The molecule has 2 heterocycles. The summed E-state index contributed by atoms with van der Waals surface area (Å²) in [6.45, 7) is 5.53. The van der Waals surface area contributed by atoms with Crippen LogP contribution < -0.4 is 16.0 Å². The van der Waals surface area contributed by atoms with Crippen LogP contribution in [0.3, 0.4) is 0 Å². The van der Waals surface area contributed by atoms with Gasteiger partial charge in [-0.05, 0) is 44.0 Å². The largest absolute Gasteiger partial charge is 0.478 e. The van der Waals surface area contributed by atoms with Crippen molar-refractivity contribution < 1.29 is 19.4 Å². The number of fused-ring (bicyclic) bond motifs is 1. The zero-order chi connectivity index (χ0) is 22.8. The van der Waals surface area contributed by atoms with Crippen LogP contribution in [-0.4, -0.2) is 46.0 Å². The lowest BCUT2D eigenvalue weighted by atomic mass is 10.0. The summed E-state index contributed by atoms with van der Waals surface area (Å²) in [5.41, 5.74) is 9.16. The summed E-state index contributed by atoms with van der Waals surface area (Å²) in [5, 5.41) is 12.0. The van der Waals surface area contributed by atoms with Crippen molar-refractivity contribution in [3.05, 3.63) is 47.6 Å². The van der Waals surface area contributed by atoms with Gasteiger partial charge in [0.15, 0.2) is 0 Å². The zero-order valence-electron chi connectivity index (χ0n) is 18.0. The van der Waals surface area contributed by atoms with E-state index in [2.05, 4.69) is 15.3 Å². The van der Waals surface area contributed by atoms with E-state index in [1.54, 1.807) is 39.2 Å². The number of carboxylic acids is 1. The molecule has 9 nitrogen and oxygen atoms in total. The number of aromatic nitrogens is 2. The second-order valence-electron chi connectivity index (χ2n) is 8.37. The van der Waals surface area contributed by atoms with Gasteiger partial charge >= 0.3 is 12.1 Å². The predicted octanol–water partition coefficient (Wildman–Crippen LogP) is 2.76. The fourth-order valence-electron chi connectivity index (χ4n) is 3.15. The SMILES string of the molecule is CN1c2cc(-c3cnc(CNC(=O)OC(C)(C)C)nc3)ccc2C=C(C(=O)O)CC1N. The molecule has 0 aliphatic carbocycles. The van der Waals surface area contributed by atoms with Crippen LogP contribution in [0.15, 0.2) is 36.2 Å². The molecule has 164 valence electrons. The van der Waals surface area contributed by atoms with E-state index in [1.165, 1.54) is 0 Å². The first-order valence-corrected chi connectivity index (χ1v) is 9.88. The Morgan fingerprint density at radius 2 is 1.94 bits per heavy atom. The number of alkyl carbamates (subject to hydrolysis) is 1. The normalized spacial score (nSPS) is 16.1.